The highest BCUT2D eigenvalue weighted by Gasteiger charge is 2.53. The Morgan fingerprint density at radius 1 is 1.03 bits per heavy atom. The average Bonchev–Trinajstić information content (AvgIpc) is 3.59. The number of rotatable bonds is 7. The second-order valence-corrected chi connectivity index (χ2v) is 9.59. The molecule has 1 fully saturated rings. The van der Waals surface area contributed by atoms with Crippen molar-refractivity contribution in [1.82, 2.24) is 25.1 Å². The van der Waals surface area contributed by atoms with Crippen molar-refractivity contribution in [2.45, 2.75) is 57.9 Å². The SMILES string of the molecule is Cc1cccc(CNC(=O)[C@]2(C)Cn3cnc(C(=O)NCc4ccccc4)c3C(=O)N2C2CC2)c1. The molecule has 0 spiro atoms. The topological polar surface area (TPSA) is 96.3 Å². The first kappa shape index (κ1) is 22.8. The number of carbonyl (C=O) groups excluding carboxylic acids is 3. The molecule has 8 heteroatoms. The van der Waals surface area contributed by atoms with Crippen molar-refractivity contribution in [3.05, 3.63) is 89.0 Å². The summed E-state index contributed by atoms with van der Waals surface area (Å²) in [5.41, 5.74) is 2.34. The van der Waals surface area contributed by atoms with Gasteiger partial charge in [0.15, 0.2) is 5.69 Å². The number of benzene rings is 2. The Kier molecular flexibility index (Phi) is 5.88. The van der Waals surface area contributed by atoms with E-state index in [1.165, 1.54) is 6.33 Å². The molecule has 1 saturated carbocycles. The van der Waals surface area contributed by atoms with Gasteiger partial charge in [0, 0.05) is 19.1 Å². The highest BCUT2D eigenvalue weighted by Crippen LogP contribution is 2.38. The van der Waals surface area contributed by atoms with Gasteiger partial charge in [0.1, 0.15) is 11.2 Å². The predicted molar refractivity (Wildman–Crippen MR) is 130 cm³/mol. The lowest BCUT2D eigenvalue weighted by atomic mass is 9.93. The second-order valence-electron chi connectivity index (χ2n) is 9.59. The van der Waals surface area contributed by atoms with Crippen molar-refractivity contribution in [3.8, 4) is 0 Å². The summed E-state index contributed by atoms with van der Waals surface area (Å²) < 4.78 is 1.64. The molecule has 2 heterocycles. The van der Waals surface area contributed by atoms with E-state index in [-0.39, 0.29) is 35.8 Å². The molecule has 0 bridgehead atoms. The third-order valence-electron chi connectivity index (χ3n) is 6.72. The first-order valence-corrected chi connectivity index (χ1v) is 11.9. The zero-order valence-corrected chi connectivity index (χ0v) is 20.0. The van der Waals surface area contributed by atoms with Crippen LogP contribution in [0.3, 0.4) is 0 Å². The number of carbonyl (C=O) groups is 3. The average molecular weight is 472 g/mol. The molecule has 0 unspecified atom stereocenters. The number of imidazole rings is 1. The fourth-order valence-electron chi connectivity index (χ4n) is 4.78. The molecule has 0 saturated heterocycles. The van der Waals surface area contributed by atoms with Gasteiger partial charge in [0.25, 0.3) is 11.8 Å². The summed E-state index contributed by atoms with van der Waals surface area (Å²) in [5.74, 6) is -0.942. The van der Waals surface area contributed by atoms with Crippen LogP contribution in [0.15, 0.2) is 60.9 Å². The van der Waals surface area contributed by atoms with E-state index >= 15 is 0 Å². The molecule has 35 heavy (non-hydrogen) atoms. The summed E-state index contributed by atoms with van der Waals surface area (Å²) in [6.07, 6.45) is 3.17. The second kappa shape index (κ2) is 9.02. The Bertz CT molecular complexity index is 1280. The van der Waals surface area contributed by atoms with Crippen molar-refractivity contribution in [2.24, 2.45) is 0 Å². The van der Waals surface area contributed by atoms with Crippen molar-refractivity contribution in [1.29, 1.82) is 0 Å². The third-order valence-corrected chi connectivity index (χ3v) is 6.72. The van der Waals surface area contributed by atoms with E-state index in [4.69, 9.17) is 0 Å². The number of hydrogen-bond acceptors (Lipinski definition) is 4. The van der Waals surface area contributed by atoms with Crippen LogP contribution >= 0.6 is 0 Å². The molecule has 2 aliphatic rings. The van der Waals surface area contributed by atoms with Crippen molar-refractivity contribution >= 4 is 17.7 Å². The van der Waals surface area contributed by atoms with Crippen LogP contribution in [0.25, 0.3) is 0 Å². The molecule has 1 aromatic heterocycles. The van der Waals surface area contributed by atoms with Gasteiger partial charge in [-0.1, -0.05) is 60.2 Å². The van der Waals surface area contributed by atoms with Gasteiger partial charge in [0.2, 0.25) is 5.91 Å². The molecule has 1 aliphatic carbocycles. The monoisotopic (exact) mass is 471 g/mol. The molecular weight excluding hydrogens is 442 g/mol. The van der Waals surface area contributed by atoms with E-state index in [1.54, 1.807) is 16.4 Å². The molecule has 3 amide bonds. The molecule has 3 aromatic rings. The van der Waals surface area contributed by atoms with Crippen LogP contribution in [0.5, 0.6) is 0 Å². The largest absolute Gasteiger partial charge is 0.350 e. The Labute approximate surface area is 204 Å². The molecule has 0 radical (unpaired) electrons. The quantitative estimate of drug-likeness (QED) is 0.554. The van der Waals surface area contributed by atoms with E-state index in [2.05, 4.69) is 15.6 Å². The van der Waals surface area contributed by atoms with Crippen LogP contribution in [0.2, 0.25) is 0 Å². The lowest BCUT2D eigenvalue weighted by molar-refractivity contribution is -0.133. The maximum absolute atomic E-state index is 13.7. The number of amides is 3. The zero-order valence-electron chi connectivity index (χ0n) is 20.0. The van der Waals surface area contributed by atoms with Crippen molar-refractivity contribution in [2.75, 3.05) is 0 Å². The molecule has 1 aliphatic heterocycles. The molecule has 2 N–H and O–H groups in total. The van der Waals surface area contributed by atoms with Crippen LogP contribution in [0, 0.1) is 6.92 Å². The fourth-order valence-corrected chi connectivity index (χ4v) is 4.78. The Morgan fingerprint density at radius 3 is 2.46 bits per heavy atom. The minimum atomic E-state index is -1.08. The molecule has 8 nitrogen and oxygen atoms in total. The molecule has 2 aromatic carbocycles. The van der Waals surface area contributed by atoms with Crippen LogP contribution in [0.1, 0.15) is 57.4 Å². The van der Waals surface area contributed by atoms with E-state index in [0.29, 0.717) is 13.1 Å². The normalized spacial score (nSPS) is 19.3. The standard InChI is InChI=1S/C27H29N5O3/c1-18-7-6-10-20(13-18)15-29-26(35)27(2)16-31-17-30-22(23(31)25(34)32(27)21-11-12-21)24(33)28-14-19-8-4-3-5-9-19/h3-10,13,17,21H,11-12,14-16H2,1-2H3,(H,28,33)(H,29,35)/t27-/m0/s1. The lowest BCUT2D eigenvalue weighted by Gasteiger charge is -2.44. The molecular formula is C27H29N5O3. The first-order valence-electron chi connectivity index (χ1n) is 11.9. The summed E-state index contributed by atoms with van der Waals surface area (Å²) in [7, 11) is 0. The Balaban J connectivity index is 1.37. The number of aromatic nitrogens is 2. The van der Waals surface area contributed by atoms with E-state index in [0.717, 1.165) is 29.5 Å². The van der Waals surface area contributed by atoms with Crippen LogP contribution in [-0.2, 0) is 24.4 Å². The summed E-state index contributed by atoms with van der Waals surface area (Å²) in [5, 5.41) is 5.88. The predicted octanol–water partition coefficient (Wildman–Crippen LogP) is 2.81. The van der Waals surface area contributed by atoms with Gasteiger partial charge in [-0.3, -0.25) is 14.4 Å². The van der Waals surface area contributed by atoms with Crippen LogP contribution in [-0.4, -0.2) is 43.8 Å². The highest BCUT2D eigenvalue weighted by molar-refractivity contribution is 6.07. The summed E-state index contributed by atoms with van der Waals surface area (Å²) in [6.45, 7) is 4.77. The minimum Gasteiger partial charge on any atom is -0.350 e. The van der Waals surface area contributed by atoms with Gasteiger partial charge in [-0.15, -0.1) is 0 Å². The molecule has 5 rings (SSSR count). The molecule has 180 valence electrons. The van der Waals surface area contributed by atoms with Crippen LogP contribution in [0.4, 0.5) is 0 Å². The third kappa shape index (κ3) is 4.43. The van der Waals surface area contributed by atoms with Gasteiger partial charge < -0.3 is 20.1 Å². The highest BCUT2D eigenvalue weighted by atomic mass is 16.2. The van der Waals surface area contributed by atoms with Gasteiger partial charge in [-0.25, -0.2) is 4.98 Å². The summed E-state index contributed by atoms with van der Waals surface area (Å²) in [6, 6.07) is 17.5. The smallest absolute Gasteiger partial charge is 0.274 e. The Morgan fingerprint density at radius 2 is 1.74 bits per heavy atom. The van der Waals surface area contributed by atoms with Crippen LogP contribution < -0.4 is 10.6 Å². The Hall–Kier alpha value is -3.94. The van der Waals surface area contributed by atoms with Gasteiger partial charge in [-0.2, -0.15) is 0 Å². The maximum Gasteiger partial charge on any atom is 0.274 e. The number of aryl methyl sites for hydroxylation is 1. The lowest BCUT2D eigenvalue weighted by Crippen LogP contribution is -2.64. The minimum absolute atomic E-state index is 0.0129. The van der Waals surface area contributed by atoms with Gasteiger partial charge in [0.05, 0.1) is 12.9 Å². The van der Waals surface area contributed by atoms with E-state index in [1.807, 2.05) is 61.5 Å². The summed E-state index contributed by atoms with van der Waals surface area (Å²) in [4.78, 5) is 46.0. The number of nitrogens with zero attached hydrogens (tertiary/aromatic N) is 3. The molecule has 1 atom stereocenters. The number of nitrogens with one attached hydrogen (secondary N) is 2. The van der Waals surface area contributed by atoms with Gasteiger partial charge in [-0.05, 0) is 37.8 Å². The van der Waals surface area contributed by atoms with E-state index in [9.17, 15) is 14.4 Å². The first-order chi connectivity index (χ1) is 16.9. The zero-order chi connectivity index (χ0) is 24.6. The van der Waals surface area contributed by atoms with Crippen molar-refractivity contribution < 1.29 is 14.4 Å². The maximum atomic E-state index is 13.7. The summed E-state index contributed by atoms with van der Waals surface area (Å²) >= 11 is 0. The van der Waals surface area contributed by atoms with E-state index < -0.39 is 11.4 Å². The van der Waals surface area contributed by atoms with Crippen molar-refractivity contribution in [3.63, 3.8) is 0 Å². The number of fused-ring (bicyclic) bond motifs is 1. The number of hydrogen-bond donors (Lipinski definition) is 2. The van der Waals surface area contributed by atoms with Gasteiger partial charge >= 0.3 is 0 Å². The fraction of sp³-hybridized carbons (Fsp3) is 0.333.